The Bertz CT molecular complexity index is 859. The van der Waals surface area contributed by atoms with Crippen molar-refractivity contribution in [2.75, 3.05) is 24.5 Å². The minimum Gasteiger partial charge on any atom is -0.435 e. The van der Waals surface area contributed by atoms with Crippen LogP contribution in [-0.4, -0.2) is 38.1 Å². The van der Waals surface area contributed by atoms with Gasteiger partial charge in [-0.3, -0.25) is 9.59 Å². The number of halogens is 3. The van der Waals surface area contributed by atoms with Gasteiger partial charge < -0.3 is 20.3 Å². The molecule has 6 nitrogen and oxygen atoms in total. The summed E-state index contributed by atoms with van der Waals surface area (Å²) in [5.74, 6) is -1.11. The lowest BCUT2D eigenvalue weighted by Gasteiger charge is -2.29. The monoisotopic (exact) mass is 393 g/mol. The number of piperazine rings is 1. The maximum atomic E-state index is 14.4. The third kappa shape index (κ3) is 4.93. The number of rotatable bonds is 6. The zero-order valence-electron chi connectivity index (χ0n) is 14.8. The summed E-state index contributed by atoms with van der Waals surface area (Å²) >= 11 is 0. The van der Waals surface area contributed by atoms with E-state index in [1.54, 1.807) is 17.0 Å². The lowest BCUT2D eigenvalue weighted by molar-refractivity contribution is -0.120. The van der Waals surface area contributed by atoms with Gasteiger partial charge in [-0.15, -0.1) is 0 Å². The molecule has 2 aromatic carbocycles. The van der Waals surface area contributed by atoms with Crippen molar-refractivity contribution < 1.29 is 27.5 Å². The third-order valence-electron chi connectivity index (χ3n) is 4.19. The van der Waals surface area contributed by atoms with Gasteiger partial charge in [-0.25, -0.2) is 4.39 Å². The zero-order chi connectivity index (χ0) is 20.1. The molecule has 0 saturated carbocycles. The number of ether oxygens (including phenoxy) is 1. The third-order valence-corrected chi connectivity index (χ3v) is 4.19. The Labute approximate surface area is 159 Å². The van der Waals surface area contributed by atoms with E-state index in [0.29, 0.717) is 24.3 Å². The Hall–Kier alpha value is -3.23. The number of anilines is 1. The van der Waals surface area contributed by atoms with Crippen LogP contribution in [0.25, 0.3) is 0 Å². The van der Waals surface area contributed by atoms with Crippen LogP contribution < -0.4 is 20.3 Å². The molecule has 0 bridgehead atoms. The Morgan fingerprint density at radius 3 is 2.61 bits per heavy atom. The summed E-state index contributed by atoms with van der Waals surface area (Å²) in [5.41, 5.74) is 1.14. The summed E-state index contributed by atoms with van der Waals surface area (Å²) in [5, 5.41) is 5.31. The molecule has 1 fully saturated rings. The number of carbonyl (C=O) groups excluding carboxylic acids is 2. The van der Waals surface area contributed by atoms with Crippen LogP contribution in [0.5, 0.6) is 5.75 Å². The van der Waals surface area contributed by atoms with E-state index in [1.165, 1.54) is 30.3 Å². The molecule has 1 heterocycles. The summed E-state index contributed by atoms with van der Waals surface area (Å²) in [6.07, 6.45) is 0. The number of hydrogen-bond donors (Lipinski definition) is 2. The fraction of sp³-hybridized carbons (Fsp3) is 0.263. The van der Waals surface area contributed by atoms with Crippen LogP contribution >= 0.6 is 0 Å². The first kappa shape index (κ1) is 19.5. The van der Waals surface area contributed by atoms with Crippen molar-refractivity contribution >= 4 is 17.5 Å². The van der Waals surface area contributed by atoms with E-state index < -0.39 is 18.3 Å². The van der Waals surface area contributed by atoms with Gasteiger partial charge in [0.25, 0.3) is 5.91 Å². The van der Waals surface area contributed by atoms with Crippen molar-refractivity contribution in [3.8, 4) is 5.75 Å². The number of nitrogens with zero attached hydrogens (tertiary/aromatic N) is 1. The first-order valence-corrected chi connectivity index (χ1v) is 8.55. The molecule has 0 unspecified atom stereocenters. The molecule has 2 N–H and O–H groups in total. The van der Waals surface area contributed by atoms with Gasteiger partial charge in [0.2, 0.25) is 5.91 Å². The van der Waals surface area contributed by atoms with Crippen LogP contribution in [0.2, 0.25) is 0 Å². The lowest BCUT2D eigenvalue weighted by Crippen LogP contribution is -2.48. The molecule has 9 heteroatoms. The maximum absolute atomic E-state index is 14.4. The van der Waals surface area contributed by atoms with Gasteiger partial charge in [0.1, 0.15) is 11.6 Å². The Balaban J connectivity index is 1.59. The van der Waals surface area contributed by atoms with Crippen LogP contribution in [0.15, 0.2) is 42.5 Å². The van der Waals surface area contributed by atoms with Crippen LogP contribution in [0, 0.1) is 5.82 Å². The molecule has 2 aromatic rings. The quantitative estimate of drug-likeness (QED) is 0.790. The highest BCUT2D eigenvalue weighted by atomic mass is 19.3. The molecule has 1 saturated heterocycles. The highest BCUT2D eigenvalue weighted by molar-refractivity contribution is 5.94. The number of hydrogen-bond acceptors (Lipinski definition) is 4. The molecule has 0 radical (unpaired) electrons. The van der Waals surface area contributed by atoms with Crippen molar-refractivity contribution in [2.24, 2.45) is 0 Å². The van der Waals surface area contributed by atoms with Crippen molar-refractivity contribution in [3.05, 3.63) is 59.4 Å². The smallest absolute Gasteiger partial charge is 0.387 e. The van der Waals surface area contributed by atoms with Gasteiger partial charge in [0.05, 0.1) is 12.2 Å². The number of alkyl halides is 2. The summed E-state index contributed by atoms with van der Waals surface area (Å²) in [7, 11) is 0. The molecule has 2 amide bonds. The average molecular weight is 393 g/mol. The normalized spacial score (nSPS) is 14.0. The molecule has 3 rings (SSSR count). The van der Waals surface area contributed by atoms with Gasteiger partial charge in [-0.2, -0.15) is 8.78 Å². The summed E-state index contributed by atoms with van der Waals surface area (Å²) in [6.45, 7) is -1.78. The van der Waals surface area contributed by atoms with E-state index in [0.717, 1.165) is 0 Å². The van der Waals surface area contributed by atoms with Crippen LogP contribution in [0.3, 0.4) is 0 Å². The minimum atomic E-state index is -2.93. The molecule has 0 aliphatic carbocycles. The van der Waals surface area contributed by atoms with Gasteiger partial charge >= 0.3 is 6.61 Å². The Morgan fingerprint density at radius 1 is 1.21 bits per heavy atom. The molecule has 148 valence electrons. The SMILES string of the molecule is O=C1CN(c2ccc(CNC(=O)c3ccc(OC(F)F)cc3)cc2F)CCN1. The largest absolute Gasteiger partial charge is 0.435 e. The first-order valence-electron chi connectivity index (χ1n) is 8.55. The van der Waals surface area contributed by atoms with E-state index >= 15 is 0 Å². The molecule has 1 aliphatic heterocycles. The number of benzene rings is 2. The van der Waals surface area contributed by atoms with Crippen LogP contribution in [0.4, 0.5) is 18.9 Å². The summed E-state index contributed by atoms with van der Waals surface area (Å²) in [6, 6.07) is 9.81. The second-order valence-corrected chi connectivity index (χ2v) is 6.14. The lowest BCUT2D eigenvalue weighted by atomic mass is 10.1. The fourth-order valence-corrected chi connectivity index (χ4v) is 2.83. The van der Waals surface area contributed by atoms with E-state index in [4.69, 9.17) is 0 Å². The van der Waals surface area contributed by atoms with E-state index in [9.17, 15) is 22.8 Å². The number of carbonyl (C=O) groups is 2. The van der Waals surface area contributed by atoms with Crippen LogP contribution in [0.1, 0.15) is 15.9 Å². The van der Waals surface area contributed by atoms with Gasteiger partial charge in [-0.1, -0.05) is 6.07 Å². The Morgan fingerprint density at radius 2 is 1.96 bits per heavy atom. The average Bonchev–Trinajstić information content (AvgIpc) is 2.66. The van der Waals surface area contributed by atoms with Crippen molar-refractivity contribution in [2.45, 2.75) is 13.2 Å². The molecular weight excluding hydrogens is 375 g/mol. The second-order valence-electron chi connectivity index (χ2n) is 6.14. The molecule has 28 heavy (non-hydrogen) atoms. The highest BCUT2D eigenvalue weighted by Gasteiger charge is 2.19. The summed E-state index contributed by atoms with van der Waals surface area (Å²) < 4.78 is 42.9. The standard InChI is InChI=1S/C19H18F3N3O3/c20-15-9-12(1-6-16(15)25-8-7-23-17(26)11-25)10-24-18(27)13-2-4-14(5-3-13)28-19(21)22/h1-6,9,19H,7-8,10-11H2,(H,23,26)(H,24,27). The highest BCUT2D eigenvalue weighted by Crippen LogP contribution is 2.21. The minimum absolute atomic E-state index is 0.0457. The van der Waals surface area contributed by atoms with Crippen molar-refractivity contribution in [3.63, 3.8) is 0 Å². The fourth-order valence-electron chi connectivity index (χ4n) is 2.83. The van der Waals surface area contributed by atoms with Crippen molar-refractivity contribution in [1.82, 2.24) is 10.6 Å². The van der Waals surface area contributed by atoms with E-state index in [-0.39, 0.29) is 30.3 Å². The molecule has 1 aliphatic rings. The predicted molar refractivity (Wildman–Crippen MR) is 95.9 cm³/mol. The van der Waals surface area contributed by atoms with E-state index in [1.807, 2.05) is 0 Å². The first-order chi connectivity index (χ1) is 13.4. The zero-order valence-corrected chi connectivity index (χ0v) is 14.8. The molecule has 0 spiro atoms. The molecule has 0 aromatic heterocycles. The molecule has 0 atom stereocenters. The second kappa shape index (κ2) is 8.64. The van der Waals surface area contributed by atoms with E-state index in [2.05, 4.69) is 15.4 Å². The summed E-state index contributed by atoms with van der Waals surface area (Å²) in [4.78, 5) is 25.2. The van der Waals surface area contributed by atoms with Crippen LogP contribution in [-0.2, 0) is 11.3 Å². The van der Waals surface area contributed by atoms with Gasteiger partial charge in [0, 0.05) is 25.2 Å². The molecular formula is C19H18F3N3O3. The predicted octanol–water partition coefficient (Wildman–Crippen LogP) is 2.29. The topological polar surface area (TPSA) is 70.7 Å². The van der Waals surface area contributed by atoms with Gasteiger partial charge in [-0.05, 0) is 42.0 Å². The number of amides is 2. The maximum Gasteiger partial charge on any atom is 0.387 e. The van der Waals surface area contributed by atoms with Crippen molar-refractivity contribution in [1.29, 1.82) is 0 Å². The Kier molecular flexibility index (Phi) is 6.03. The number of nitrogens with one attached hydrogen (secondary N) is 2. The van der Waals surface area contributed by atoms with Gasteiger partial charge in [0.15, 0.2) is 0 Å².